The molecular weight excluding hydrogens is 392 g/mol. The Kier molecular flexibility index (Phi) is 6.19. The van der Waals surface area contributed by atoms with Gasteiger partial charge in [-0.25, -0.2) is 4.79 Å². The Morgan fingerprint density at radius 1 is 1.03 bits per heavy atom. The number of benzene rings is 2. The van der Waals surface area contributed by atoms with Crippen molar-refractivity contribution in [1.82, 2.24) is 4.90 Å². The number of ether oxygens (including phenoxy) is 2. The van der Waals surface area contributed by atoms with Crippen molar-refractivity contribution in [3.8, 4) is 5.75 Å². The van der Waals surface area contributed by atoms with Crippen molar-refractivity contribution in [2.24, 2.45) is 5.73 Å². The molecule has 2 aliphatic rings. The van der Waals surface area contributed by atoms with Crippen LogP contribution >= 0.6 is 0 Å². The van der Waals surface area contributed by atoms with Crippen LogP contribution < -0.4 is 10.5 Å². The van der Waals surface area contributed by atoms with E-state index in [2.05, 4.69) is 18.7 Å². The second-order valence-corrected chi connectivity index (χ2v) is 9.13. The van der Waals surface area contributed by atoms with Gasteiger partial charge in [0.1, 0.15) is 11.9 Å². The number of amides is 1. The molecule has 2 aromatic carbocycles. The van der Waals surface area contributed by atoms with Gasteiger partial charge in [-0.2, -0.15) is 0 Å². The summed E-state index contributed by atoms with van der Waals surface area (Å²) in [6, 6.07) is 11.9. The van der Waals surface area contributed by atoms with Crippen LogP contribution in [-0.2, 0) is 9.53 Å². The van der Waals surface area contributed by atoms with E-state index in [1.807, 2.05) is 24.3 Å². The van der Waals surface area contributed by atoms with E-state index >= 15 is 0 Å². The van der Waals surface area contributed by atoms with Gasteiger partial charge in [-0.15, -0.1) is 0 Å². The highest BCUT2D eigenvalue weighted by molar-refractivity contribution is 5.97. The average molecular weight is 425 g/mol. The van der Waals surface area contributed by atoms with Gasteiger partial charge < -0.3 is 20.1 Å². The Bertz CT molecular complexity index is 957. The van der Waals surface area contributed by atoms with Crippen molar-refractivity contribution >= 4 is 22.6 Å². The minimum atomic E-state index is -1.16. The van der Waals surface area contributed by atoms with Gasteiger partial charge in [0.25, 0.3) is 5.91 Å². The summed E-state index contributed by atoms with van der Waals surface area (Å²) in [5.74, 6) is -0.204. The highest BCUT2D eigenvalue weighted by Crippen LogP contribution is 2.34. The van der Waals surface area contributed by atoms with Crippen molar-refractivity contribution < 1.29 is 19.1 Å². The molecule has 31 heavy (non-hydrogen) atoms. The van der Waals surface area contributed by atoms with E-state index in [0.717, 1.165) is 55.3 Å². The standard InChI is InChI=1S/C25H32N2O4/c1-17(2)27-13-9-21(10-14-27)30-22-8-7-18-15-20(6-5-19(18)16-22)23(28)31-25(24(26)29)11-3-4-12-25/h5-8,15-17,21H,3-4,9-14H2,1-2H3,(H2,26,29). The highest BCUT2D eigenvalue weighted by atomic mass is 16.6. The minimum absolute atomic E-state index is 0.234. The number of primary amides is 1. The molecule has 0 aromatic heterocycles. The second-order valence-electron chi connectivity index (χ2n) is 9.13. The van der Waals surface area contributed by atoms with Crippen molar-refractivity contribution in [3.63, 3.8) is 0 Å². The first kappa shape index (κ1) is 21.6. The van der Waals surface area contributed by atoms with Crippen LogP contribution in [0.5, 0.6) is 5.75 Å². The molecule has 1 aliphatic heterocycles. The number of piperidine rings is 1. The van der Waals surface area contributed by atoms with Gasteiger partial charge in [-0.1, -0.05) is 12.1 Å². The third-order valence-corrected chi connectivity index (χ3v) is 6.71. The molecule has 6 nitrogen and oxygen atoms in total. The van der Waals surface area contributed by atoms with Gasteiger partial charge >= 0.3 is 5.97 Å². The summed E-state index contributed by atoms with van der Waals surface area (Å²) in [5.41, 5.74) is 4.80. The molecule has 1 saturated carbocycles. The summed E-state index contributed by atoms with van der Waals surface area (Å²) in [6.45, 7) is 6.59. The first-order valence-corrected chi connectivity index (χ1v) is 11.3. The zero-order chi connectivity index (χ0) is 22.0. The number of carbonyl (C=O) groups is 2. The highest BCUT2D eigenvalue weighted by Gasteiger charge is 2.43. The fraction of sp³-hybridized carbons (Fsp3) is 0.520. The molecule has 4 rings (SSSR count). The molecule has 2 aromatic rings. The topological polar surface area (TPSA) is 81.9 Å². The van der Waals surface area contributed by atoms with Gasteiger partial charge in [-0.3, -0.25) is 4.79 Å². The Balaban J connectivity index is 1.43. The lowest BCUT2D eigenvalue weighted by Gasteiger charge is -2.34. The van der Waals surface area contributed by atoms with Crippen LogP contribution in [0.25, 0.3) is 10.8 Å². The number of likely N-dealkylation sites (tertiary alicyclic amines) is 1. The molecule has 0 atom stereocenters. The Labute approximate surface area is 183 Å². The molecule has 2 fully saturated rings. The largest absolute Gasteiger partial charge is 0.490 e. The Hall–Kier alpha value is -2.60. The molecule has 6 heteroatoms. The van der Waals surface area contributed by atoms with Crippen LogP contribution in [0.2, 0.25) is 0 Å². The number of rotatable bonds is 6. The smallest absolute Gasteiger partial charge is 0.339 e. The maximum atomic E-state index is 12.7. The van der Waals surface area contributed by atoms with E-state index in [0.29, 0.717) is 24.4 Å². The molecule has 1 amide bonds. The summed E-state index contributed by atoms with van der Waals surface area (Å²) in [7, 11) is 0. The molecule has 1 saturated heterocycles. The maximum absolute atomic E-state index is 12.7. The summed E-state index contributed by atoms with van der Waals surface area (Å²) < 4.78 is 11.8. The minimum Gasteiger partial charge on any atom is -0.490 e. The molecule has 0 spiro atoms. The quantitative estimate of drug-likeness (QED) is 0.708. The lowest BCUT2D eigenvalue weighted by atomic mass is 10.0. The molecule has 2 N–H and O–H groups in total. The van der Waals surface area contributed by atoms with Crippen LogP contribution in [0.3, 0.4) is 0 Å². The number of esters is 1. The van der Waals surface area contributed by atoms with Crippen LogP contribution in [0, 0.1) is 0 Å². The summed E-state index contributed by atoms with van der Waals surface area (Å²) in [4.78, 5) is 27.1. The zero-order valence-corrected chi connectivity index (χ0v) is 18.4. The van der Waals surface area contributed by atoms with Crippen LogP contribution in [0.15, 0.2) is 36.4 Å². The summed E-state index contributed by atoms with van der Waals surface area (Å²) in [6.07, 6.45) is 4.97. The van der Waals surface area contributed by atoms with Gasteiger partial charge in [0, 0.05) is 19.1 Å². The van der Waals surface area contributed by atoms with Gasteiger partial charge in [0.2, 0.25) is 0 Å². The van der Waals surface area contributed by atoms with E-state index in [9.17, 15) is 9.59 Å². The number of hydrogen-bond donors (Lipinski definition) is 1. The van der Waals surface area contributed by atoms with Crippen molar-refractivity contribution in [3.05, 3.63) is 42.0 Å². The number of nitrogens with zero attached hydrogens (tertiary/aromatic N) is 1. The molecule has 166 valence electrons. The van der Waals surface area contributed by atoms with E-state index in [4.69, 9.17) is 15.2 Å². The maximum Gasteiger partial charge on any atom is 0.339 e. The number of fused-ring (bicyclic) bond motifs is 1. The van der Waals surface area contributed by atoms with Crippen LogP contribution in [0.1, 0.15) is 62.7 Å². The molecule has 0 unspecified atom stereocenters. The third kappa shape index (κ3) is 4.69. The predicted molar refractivity (Wildman–Crippen MR) is 120 cm³/mol. The third-order valence-electron chi connectivity index (χ3n) is 6.71. The molecule has 0 radical (unpaired) electrons. The van der Waals surface area contributed by atoms with E-state index in [1.54, 1.807) is 12.1 Å². The number of nitrogens with two attached hydrogens (primary N) is 1. The first-order chi connectivity index (χ1) is 14.9. The van der Waals surface area contributed by atoms with E-state index < -0.39 is 17.5 Å². The predicted octanol–water partition coefficient (Wildman–Crippen LogP) is 4.05. The zero-order valence-electron chi connectivity index (χ0n) is 18.4. The fourth-order valence-electron chi connectivity index (χ4n) is 4.71. The van der Waals surface area contributed by atoms with Crippen LogP contribution in [0.4, 0.5) is 0 Å². The Morgan fingerprint density at radius 3 is 2.32 bits per heavy atom. The first-order valence-electron chi connectivity index (χ1n) is 11.3. The number of hydrogen-bond acceptors (Lipinski definition) is 5. The van der Waals surface area contributed by atoms with E-state index in [-0.39, 0.29) is 6.10 Å². The molecule has 0 bridgehead atoms. The monoisotopic (exact) mass is 424 g/mol. The molecular formula is C25H32N2O4. The summed E-state index contributed by atoms with van der Waals surface area (Å²) in [5, 5.41) is 1.93. The Morgan fingerprint density at radius 2 is 1.68 bits per heavy atom. The fourth-order valence-corrected chi connectivity index (χ4v) is 4.71. The molecule has 1 heterocycles. The van der Waals surface area contributed by atoms with Gasteiger partial charge in [-0.05, 0) is 87.4 Å². The lowest BCUT2D eigenvalue weighted by Crippen LogP contribution is -2.45. The normalized spacial score (nSPS) is 19.6. The van der Waals surface area contributed by atoms with Crippen molar-refractivity contribution in [1.29, 1.82) is 0 Å². The summed E-state index contributed by atoms with van der Waals surface area (Å²) >= 11 is 0. The molecule has 1 aliphatic carbocycles. The number of carbonyl (C=O) groups excluding carboxylic acids is 2. The van der Waals surface area contributed by atoms with Gasteiger partial charge in [0.15, 0.2) is 5.60 Å². The van der Waals surface area contributed by atoms with Gasteiger partial charge in [0.05, 0.1) is 5.56 Å². The van der Waals surface area contributed by atoms with E-state index in [1.165, 1.54) is 0 Å². The second kappa shape index (κ2) is 8.87. The average Bonchev–Trinajstić information content (AvgIpc) is 3.23. The van der Waals surface area contributed by atoms with Crippen molar-refractivity contribution in [2.45, 2.75) is 70.1 Å². The lowest BCUT2D eigenvalue weighted by molar-refractivity contribution is -0.136. The van der Waals surface area contributed by atoms with Crippen molar-refractivity contribution in [2.75, 3.05) is 13.1 Å². The SMILES string of the molecule is CC(C)N1CCC(Oc2ccc3cc(C(=O)OC4(C(N)=O)CCCC4)ccc3c2)CC1. The van der Waals surface area contributed by atoms with Crippen LogP contribution in [-0.4, -0.2) is 47.6 Å².